The van der Waals surface area contributed by atoms with Gasteiger partial charge < -0.3 is 5.32 Å². The minimum absolute atomic E-state index is 0.0655. The molecule has 1 amide bonds. The summed E-state index contributed by atoms with van der Waals surface area (Å²) in [5.41, 5.74) is 2.15. The van der Waals surface area contributed by atoms with Gasteiger partial charge in [-0.2, -0.15) is 11.8 Å². The molecular weight excluding hydrogens is 499 g/mol. The smallest absolute Gasteiger partial charge is 0.224 e. The summed E-state index contributed by atoms with van der Waals surface area (Å²) >= 11 is 13.8. The molecule has 9 heteroatoms. The van der Waals surface area contributed by atoms with E-state index in [4.69, 9.17) is 23.2 Å². The van der Waals surface area contributed by atoms with Crippen molar-refractivity contribution in [2.24, 2.45) is 5.92 Å². The number of aryl methyl sites for hydroxylation is 1. The van der Waals surface area contributed by atoms with E-state index in [1.54, 1.807) is 17.8 Å². The molecule has 0 spiro atoms. The standard InChI is InChI=1S/C24H30Cl2N2O3S2/c25-22-11-10-21(23(26)16-22)18-32-14-12-27-24(29)20-9-4-13-28(17-20)33(30,31)15-5-8-19-6-2-1-3-7-19/h1-3,6-7,10-11,16,20H,4-5,8-9,12-15,17-18H2,(H,27,29)/t20-/m0/s1. The second-order valence-corrected chi connectivity index (χ2v) is 12.2. The summed E-state index contributed by atoms with van der Waals surface area (Å²) < 4.78 is 27.1. The molecule has 0 radical (unpaired) electrons. The summed E-state index contributed by atoms with van der Waals surface area (Å²) in [6.07, 6.45) is 2.74. The molecule has 3 rings (SSSR count). The molecule has 0 saturated carbocycles. The third-order valence-corrected chi connectivity index (χ3v) is 9.20. The number of carbonyl (C=O) groups excluding carboxylic acids is 1. The molecule has 1 heterocycles. The van der Waals surface area contributed by atoms with Gasteiger partial charge in [-0.15, -0.1) is 0 Å². The Bertz CT molecular complexity index is 1020. The number of halogens is 2. The fourth-order valence-electron chi connectivity index (χ4n) is 3.85. The summed E-state index contributed by atoms with van der Waals surface area (Å²) in [5.74, 6) is 1.24. The lowest BCUT2D eigenvalue weighted by Crippen LogP contribution is -2.46. The van der Waals surface area contributed by atoms with Gasteiger partial charge in [-0.05, 0) is 48.9 Å². The van der Waals surface area contributed by atoms with Crippen LogP contribution in [-0.4, -0.2) is 49.8 Å². The van der Waals surface area contributed by atoms with Gasteiger partial charge in [0.15, 0.2) is 0 Å². The third kappa shape index (κ3) is 8.48. The van der Waals surface area contributed by atoms with Gasteiger partial charge in [-0.3, -0.25) is 4.79 Å². The maximum Gasteiger partial charge on any atom is 0.224 e. The van der Waals surface area contributed by atoms with Crippen LogP contribution in [0.4, 0.5) is 0 Å². The van der Waals surface area contributed by atoms with Crippen molar-refractivity contribution in [2.75, 3.05) is 31.1 Å². The number of carbonyl (C=O) groups is 1. The third-order valence-electron chi connectivity index (χ3n) is 5.68. The normalized spacial score (nSPS) is 17.1. The second-order valence-electron chi connectivity index (χ2n) is 8.18. The summed E-state index contributed by atoms with van der Waals surface area (Å²) in [6.45, 7) is 1.30. The number of rotatable bonds is 11. The number of hydrogen-bond donors (Lipinski definition) is 1. The van der Waals surface area contributed by atoms with Crippen LogP contribution in [0.3, 0.4) is 0 Å². The van der Waals surface area contributed by atoms with Gasteiger partial charge in [0.2, 0.25) is 15.9 Å². The molecule has 1 saturated heterocycles. The number of nitrogens with one attached hydrogen (secondary N) is 1. The molecule has 0 unspecified atom stereocenters. The second kappa shape index (κ2) is 13.0. The van der Waals surface area contributed by atoms with E-state index in [1.165, 1.54) is 4.31 Å². The molecule has 0 aliphatic carbocycles. The van der Waals surface area contributed by atoms with E-state index in [9.17, 15) is 13.2 Å². The lowest BCUT2D eigenvalue weighted by Gasteiger charge is -2.31. The zero-order chi connectivity index (χ0) is 23.7. The van der Waals surface area contributed by atoms with E-state index < -0.39 is 10.0 Å². The van der Waals surface area contributed by atoms with Crippen LogP contribution in [-0.2, 0) is 27.0 Å². The predicted octanol–water partition coefficient (Wildman–Crippen LogP) is 5.02. The zero-order valence-corrected chi connectivity index (χ0v) is 21.7. The van der Waals surface area contributed by atoms with Crippen molar-refractivity contribution in [3.05, 3.63) is 69.7 Å². The van der Waals surface area contributed by atoms with Crippen molar-refractivity contribution in [1.29, 1.82) is 0 Å². The lowest BCUT2D eigenvalue weighted by molar-refractivity contribution is -0.125. The van der Waals surface area contributed by atoms with Gasteiger partial charge in [-0.25, -0.2) is 12.7 Å². The molecule has 33 heavy (non-hydrogen) atoms. The van der Waals surface area contributed by atoms with E-state index >= 15 is 0 Å². The molecule has 0 aromatic heterocycles. The summed E-state index contributed by atoms with van der Waals surface area (Å²) in [5, 5.41) is 4.22. The Hall–Kier alpha value is -1.25. The number of piperidine rings is 1. The molecule has 180 valence electrons. The Labute approximate surface area is 211 Å². The molecule has 1 N–H and O–H groups in total. The number of hydrogen-bond acceptors (Lipinski definition) is 4. The largest absolute Gasteiger partial charge is 0.355 e. The quantitative estimate of drug-likeness (QED) is 0.416. The minimum Gasteiger partial charge on any atom is -0.355 e. The highest BCUT2D eigenvalue weighted by Crippen LogP contribution is 2.25. The topological polar surface area (TPSA) is 66.5 Å². The van der Waals surface area contributed by atoms with E-state index in [2.05, 4.69) is 5.32 Å². The van der Waals surface area contributed by atoms with Crippen LogP contribution in [0.25, 0.3) is 0 Å². The molecule has 1 fully saturated rings. The Morgan fingerprint density at radius 2 is 1.94 bits per heavy atom. The molecule has 2 aromatic rings. The summed E-state index contributed by atoms with van der Waals surface area (Å²) in [6, 6.07) is 15.3. The van der Waals surface area contributed by atoms with Crippen molar-refractivity contribution >= 4 is 50.9 Å². The predicted molar refractivity (Wildman–Crippen MR) is 138 cm³/mol. The SMILES string of the molecule is O=C(NCCSCc1ccc(Cl)cc1Cl)[C@H]1CCCN(S(=O)(=O)CCCc2ccccc2)C1. The van der Waals surface area contributed by atoms with E-state index in [1.807, 2.05) is 42.5 Å². The highest BCUT2D eigenvalue weighted by atomic mass is 35.5. The van der Waals surface area contributed by atoms with Crippen LogP contribution < -0.4 is 5.32 Å². The van der Waals surface area contributed by atoms with Crippen LogP contribution in [0.1, 0.15) is 30.4 Å². The monoisotopic (exact) mass is 528 g/mol. The van der Waals surface area contributed by atoms with Gasteiger partial charge >= 0.3 is 0 Å². The van der Waals surface area contributed by atoms with Crippen LogP contribution in [0.2, 0.25) is 10.0 Å². The average molecular weight is 530 g/mol. The van der Waals surface area contributed by atoms with Gasteiger partial charge in [0.05, 0.1) is 11.7 Å². The number of amides is 1. The minimum atomic E-state index is -3.36. The highest BCUT2D eigenvalue weighted by Gasteiger charge is 2.31. The van der Waals surface area contributed by atoms with E-state index in [0.29, 0.717) is 36.0 Å². The first-order chi connectivity index (χ1) is 15.8. The Morgan fingerprint density at radius 3 is 2.70 bits per heavy atom. The molecule has 5 nitrogen and oxygen atoms in total. The average Bonchev–Trinajstić information content (AvgIpc) is 2.80. The first kappa shape index (κ1) is 26.4. The molecule has 1 aliphatic heterocycles. The Morgan fingerprint density at radius 1 is 1.15 bits per heavy atom. The van der Waals surface area contributed by atoms with Gasteiger partial charge in [0.1, 0.15) is 0 Å². The Kier molecular flexibility index (Phi) is 10.4. The van der Waals surface area contributed by atoms with Crippen LogP contribution in [0, 0.1) is 5.92 Å². The van der Waals surface area contributed by atoms with Crippen LogP contribution in [0.5, 0.6) is 0 Å². The molecule has 1 atom stereocenters. The van der Waals surface area contributed by atoms with Crippen LogP contribution in [0.15, 0.2) is 48.5 Å². The highest BCUT2D eigenvalue weighted by molar-refractivity contribution is 7.98. The lowest BCUT2D eigenvalue weighted by atomic mass is 9.99. The zero-order valence-electron chi connectivity index (χ0n) is 18.5. The van der Waals surface area contributed by atoms with E-state index in [0.717, 1.165) is 35.5 Å². The first-order valence-electron chi connectivity index (χ1n) is 11.2. The van der Waals surface area contributed by atoms with E-state index in [-0.39, 0.29) is 24.1 Å². The van der Waals surface area contributed by atoms with Crippen molar-refractivity contribution in [3.8, 4) is 0 Å². The maximum absolute atomic E-state index is 12.8. The maximum atomic E-state index is 12.8. The first-order valence-corrected chi connectivity index (χ1v) is 14.7. The molecule has 1 aliphatic rings. The molecule has 0 bridgehead atoms. The number of benzene rings is 2. The summed E-state index contributed by atoms with van der Waals surface area (Å²) in [4.78, 5) is 12.6. The number of thioether (sulfide) groups is 1. The van der Waals surface area contributed by atoms with Crippen molar-refractivity contribution in [3.63, 3.8) is 0 Å². The fraction of sp³-hybridized carbons (Fsp3) is 0.458. The van der Waals surface area contributed by atoms with Crippen molar-refractivity contribution < 1.29 is 13.2 Å². The van der Waals surface area contributed by atoms with Gasteiger partial charge in [0, 0.05) is 41.2 Å². The molecule has 2 aromatic carbocycles. The summed E-state index contributed by atoms with van der Waals surface area (Å²) in [7, 11) is -3.36. The molecular formula is C24H30Cl2N2O3S2. The van der Waals surface area contributed by atoms with Gasteiger partial charge in [-0.1, -0.05) is 59.6 Å². The number of sulfonamides is 1. The number of nitrogens with zero attached hydrogens (tertiary/aromatic N) is 1. The van der Waals surface area contributed by atoms with Crippen LogP contribution >= 0.6 is 35.0 Å². The fourth-order valence-corrected chi connectivity index (χ4v) is 6.85. The van der Waals surface area contributed by atoms with Crippen molar-refractivity contribution in [1.82, 2.24) is 9.62 Å². The van der Waals surface area contributed by atoms with Gasteiger partial charge in [0.25, 0.3) is 0 Å². The van der Waals surface area contributed by atoms with Crippen molar-refractivity contribution in [2.45, 2.75) is 31.4 Å². The Balaban J connectivity index is 1.38.